The number of pyridine rings is 1. The van der Waals surface area contributed by atoms with Gasteiger partial charge in [0.25, 0.3) is 11.8 Å². The number of aromatic nitrogens is 1. The van der Waals surface area contributed by atoms with Crippen LogP contribution < -0.4 is 5.32 Å². The standard InChI is InChI=1S/C20H24N4O2S2/c25-19(22-14-7-13-1-2-23(10-13)11-14)17-8-15-16(12-28-18(15)9-21-17)20(26)24-3-5-27-6-4-24/h8-9,12-14H,1-7,10-11H2,(H,22,25)/t13-,14-/m1/s1. The van der Waals surface area contributed by atoms with Gasteiger partial charge in [0.05, 0.1) is 10.3 Å². The monoisotopic (exact) mass is 416 g/mol. The number of carbonyl (C=O) groups is 2. The fraction of sp³-hybridized carbons (Fsp3) is 0.550. The van der Waals surface area contributed by atoms with E-state index < -0.39 is 0 Å². The minimum Gasteiger partial charge on any atom is -0.347 e. The first kappa shape index (κ1) is 18.4. The smallest absolute Gasteiger partial charge is 0.270 e. The molecule has 0 radical (unpaired) electrons. The Kier molecular flexibility index (Phi) is 5.02. The van der Waals surface area contributed by atoms with E-state index in [-0.39, 0.29) is 17.9 Å². The number of thioether (sulfide) groups is 1. The van der Waals surface area contributed by atoms with E-state index in [4.69, 9.17) is 0 Å². The van der Waals surface area contributed by atoms with E-state index in [1.54, 1.807) is 12.3 Å². The Labute approximate surface area is 172 Å². The summed E-state index contributed by atoms with van der Waals surface area (Å²) in [5.74, 6) is 2.62. The van der Waals surface area contributed by atoms with E-state index in [9.17, 15) is 9.59 Å². The highest BCUT2D eigenvalue weighted by atomic mass is 32.2. The summed E-state index contributed by atoms with van der Waals surface area (Å²) >= 11 is 3.40. The largest absolute Gasteiger partial charge is 0.347 e. The molecule has 5 heterocycles. The number of amides is 2. The normalized spacial score (nSPS) is 27.1. The van der Waals surface area contributed by atoms with Gasteiger partial charge in [-0.25, -0.2) is 4.98 Å². The molecule has 2 aromatic heterocycles. The van der Waals surface area contributed by atoms with E-state index >= 15 is 0 Å². The van der Waals surface area contributed by atoms with Crippen LogP contribution in [0.2, 0.25) is 0 Å². The van der Waals surface area contributed by atoms with Crippen LogP contribution in [-0.2, 0) is 0 Å². The second-order valence-electron chi connectivity index (χ2n) is 7.94. The third kappa shape index (κ3) is 3.53. The molecule has 0 aromatic carbocycles. The summed E-state index contributed by atoms with van der Waals surface area (Å²) in [6.45, 7) is 4.83. The van der Waals surface area contributed by atoms with Crippen LogP contribution in [0, 0.1) is 5.92 Å². The summed E-state index contributed by atoms with van der Waals surface area (Å²) in [6, 6.07) is 1.99. The highest BCUT2D eigenvalue weighted by Crippen LogP contribution is 2.29. The first-order valence-electron chi connectivity index (χ1n) is 9.95. The van der Waals surface area contributed by atoms with Crippen molar-refractivity contribution in [2.75, 3.05) is 44.2 Å². The summed E-state index contributed by atoms with van der Waals surface area (Å²) in [7, 11) is 0. The van der Waals surface area contributed by atoms with Crippen LogP contribution in [0.1, 0.15) is 33.7 Å². The van der Waals surface area contributed by atoms with Crippen LogP contribution >= 0.6 is 23.1 Å². The Bertz CT molecular complexity index is 897. The lowest BCUT2D eigenvalue weighted by molar-refractivity contribution is 0.0774. The van der Waals surface area contributed by atoms with Crippen LogP contribution in [0.4, 0.5) is 0 Å². The number of hydrogen-bond donors (Lipinski definition) is 1. The summed E-state index contributed by atoms with van der Waals surface area (Å²) < 4.78 is 0.952. The SMILES string of the molecule is O=C(N[C@@H]1C[C@H]2CCN(C2)C1)c1cc2c(C(=O)N3CCSCC3)csc2cn1. The molecular formula is C20H24N4O2S2. The van der Waals surface area contributed by atoms with Gasteiger partial charge in [-0.3, -0.25) is 9.59 Å². The molecule has 2 bridgehead atoms. The average Bonchev–Trinajstić information content (AvgIpc) is 3.30. The Morgan fingerprint density at radius 2 is 2.04 bits per heavy atom. The highest BCUT2D eigenvalue weighted by molar-refractivity contribution is 7.99. The van der Waals surface area contributed by atoms with Crippen molar-refractivity contribution in [3.63, 3.8) is 0 Å². The fourth-order valence-corrected chi connectivity index (χ4v) is 6.37. The Morgan fingerprint density at radius 1 is 1.18 bits per heavy atom. The van der Waals surface area contributed by atoms with Gasteiger partial charge in [0.1, 0.15) is 5.69 Å². The van der Waals surface area contributed by atoms with E-state index in [0.29, 0.717) is 17.2 Å². The van der Waals surface area contributed by atoms with Gasteiger partial charge in [-0.15, -0.1) is 11.3 Å². The maximum atomic E-state index is 12.9. The number of fused-ring (bicyclic) bond motifs is 3. The van der Waals surface area contributed by atoms with Gasteiger partial charge in [0.2, 0.25) is 0 Å². The first-order valence-corrected chi connectivity index (χ1v) is 12.0. The van der Waals surface area contributed by atoms with Gasteiger partial charge in [-0.2, -0.15) is 11.8 Å². The summed E-state index contributed by atoms with van der Waals surface area (Å²) in [6.07, 6.45) is 4.03. The zero-order chi connectivity index (χ0) is 19.1. The molecule has 2 amide bonds. The van der Waals surface area contributed by atoms with Crippen molar-refractivity contribution in [2.45, 2.75) is 18.9 Å². The number of nitrogens with one attached hydrogen (secondary N) is 1. The van der Waals surface area contributed by atoms with Crippen LogP contribution in [0.15, 0.2) is 17.6 Å². The third-order valence-electron chi connectivity index (χ3n) is 6.02. The van der Waals surface area contributed by atoms with Gasteiger partial charge in [0.15, 0.2) is 0 Å². The minimum atomic E-state index is -0.131. The molecule has 148 valence electrons. The lowest BCUT2D eigenvalue weighted by atomic mass is 9.97. The molecule has 1 N–H and O–H groups in total. The van der Waals surface area contributed by atoms with Crippen LogP contribution in [0.25, 0.3) is 10.1 Å². The van der Waals surface area contributed by atoms with Crippen LogP contribution in [0.5, 0.6) is 0 Å². The Balaban J connectivity index is 1.35. The molecule has 0 aliphatic carbocycles. The van der Waals surface area contributed by atoms with Gasteiger partial charge in [0, 0.05) is 60.7 Å². The minimum absolute atomic E-state index is 0.0702. The number of thiophene rings is 1. The maximum absolute atomic E-state index is 12.9. The van der Waals surface area contributed by atoms with Crippen LogP contribution in [0.3, 0.4) is 0 Å². The Hall–Kier alpha value is -1.64. The molecule has 5 rings (SSSR count). The predicted molar refractivity (Wildman–Crippen MR) is 113 cm³/mol. The zero-order valence-corrected chi connectivity index (χ0v) is 17.4. The number of rotatable bonds is 3. The van der Waals surface area contributed by atoms with Crippen molar-refractivity contribution in [1.82, 2.24) is 20.1 Å². The molecule has 28 heavy (non-hydrogen) atoms. The molecule has 0 spiro atoms. The summed E-state index contributed by atoms with van der Waals surface area (Å²) in [4.78, 5) is 34.5. The molecule has 0 saturated carbocycles. The van der Waals surface area contributed by atoms with E-state index in [2.05, 4.69) is 15.2 Å². The molecule has 3 aliphatic rings. The fourth-order valence-electron chi connectivity index (χ4n) is 4.58. The summed E-state index contributed by atoms with van der Waals surface area (Å²) in [5.41, 5.74) is 1.10. The van der Waals surface area contributed by atoms with E-state index in [1.165, 1.54) is 24.3 Å². The molecule has 1 unspecified atom stereocenters. The predicted octanol–water partition coefficient (Wildman–Crippen LogP) is 2.31. The van der Waals surface area contributed by atoms with Crippen molar-refractivity contribution in [3.8, 4) is 0 Å². The number of carbonyl (C=O) groups excluding carboxylic acids is 2. The molecule has 3 aliphatic heterocycles. The molecule has 3 saturated heterocycles. The number of nitrogens with zero attached hydrogens (tertiary/aromatic N) is 3. The summed E-state index contributed by atoms with van der Waals surface area (Å²) in [5, 5.41) is 5.92. The average molecular weight is 417 g/mol. The van der Waals surface area contributed by atoms with Crippen molar-refractivity contribution in [1.29, 1.82) is 0 Å². The van der Waals surface area contributed by atoms with Crippen LogP contribution in [-0.4, -0.2) is 76.9 Å². The topological polar surface area (TPSA) is 65.5 Å². The highest BCUT2D eigenvalue weighted by Gasteiger charge is 2.33. The Morgan fingerprint density at radius 3 is 2.86 bits per heavy atom. The van der Waals surface area contributed by atoms with Crippen molar-refractivity contribution >= 4 is 45.0 Å². The van der Waals surface area contributed by atoms with Gasteiger partial charge in [-0.1, -0.05) is 0 Å². The van der Waals surface area contributed by atoms with E-state index in [1.807, 2.05) is 22.0 Å². The first-order chi connectivity index (χ1) is 13.7. The van der Waals surface area contributed by atoms with Crippen molar-refractivity contribution < 1.29 is 9.59 Å². The molecular weight excluding hydrogens is 392 g/mol. The molecule has 8 heteroatoms. The lowest BCUT2D eigenvalue weighted by Crippen LogP contribution is -2.47. The van der Waals surface area contributed by atoms with Gasteiger partial charge >= 0.3 is 0 Å². The quantitative estimate of drug-likeness (QED) is 0.832. The second-order valence-corrected chi connectivity index (χ2v) is 10.1. The molecule has 3 atom stereocenters. The molecule has 2 aromatic rings. The number of piperidine rings is 1. The van der Waals surface area contributed by atoms with Gasteiger partial charge < -0.3 is 15.1 Å². The number of hydrogen-bond acceptors (Lipinski definition) is 6. The zero-order valence-electron chi connectivity index (χ0n) is 15.7. The third-order valence-corrected chi connectivity index (χ3v) is 7.90. The second kappa shape index (κ2) is 7.65. The van der Waals surface area contributed by atoms with E-state index in [0.717, 1.165) is 54.2 Å². The molecule has 6 nitrogen and oxygen atoms in total. The lowest BCUT2D eigenvalue weighted by Gasteiger charge is -2.30. The van der Waals surface area contributed by atoms with Crippen molar-refractivity contribution in [3.05, 3.63) is 28.9 Å². The molecule has 3 fully saturated rings. The van der Waals surface area contributed by atoms with Crippen molar-refractivity contribution in [2.24, 2.45) is 5.92 Å². The maximum Gasteiger partial charge on any atom is 0.270 e. The van der Waals surface area contributed by atoms with Gasteiger partial charge in [-0.05, 0) is 31.4 Å².